The molecule has 0 radical (unpaired) electrons. The molecule has 1 aromatic carbocycles. The molecule has 3 nitrogen and oxygen atoms in total. The molecular formula is C20H35N2OP. The van der Waals surface area contributed by atoms with Crippen LogP contribution in [0.3, 0.4) is 0 Å². The van der Waals surface area contributed by atoms with Gasteiger partial charge in [0, 0.05) is 17.0 Å². The minimum atomic E-state index is -2.01. The Bertz CT molecular complexity index is 596. The van der Waals surface area contributed by atoms with Crippen molar-refractivity contribution >= 4 is 24.4 Å². The zero-order chi connectivity index (χ0) is 18.8. The summed E-state index contributed by atoms with van der Waals surface area (Å²) in [5, 5.41) is 6.76. The Morgan fingerprint density at radius 3 is 1.71 bits per heavy atom. The number of nitrogens with one attached hydrogen (secondary N) is 2. The zero-order valence-corrected chi connectivity index (χ0v) is 17.7. The highest BCUT2D eigenvalue weighted by Gasteiger charge is 2.42. The Morgan fingerprint density at radius 1 is 0.875 bits per heavy atom. The summed E-state index contributed by atoms with van der Waals surface area (Å²) >= 11 is 0. The van der Waals surface area contributed by atoms with Gasteiger partial charge >= 0.3 is 0 Å². The van der Waals surface area contributed by atoms with Crippen LogP contribution in [-0.2, 0) is 4.79 Å². The summed E-state index contributed by atoms with van der Waals surface area (Å²) in [4.78, 5) is 12.8. The molecule has 0 saturated carbocycles. The van der Waals surface area contributed by atoms with Gasteiger partial charge < -0.3 is 10.4 Å². The van der Waals surface area contributed by atoms with E-state index < -0.39 is 7.04 Å². The number of anilines is 1. The summed E-state index contributed by atoms with van der Waals surface area (Å²) in [5.41, 5.74) is 0.821. The maximum Gasteiger partial charge on any atom is 0.246 e. The van der Waals surface area contributed by atoms with Gasteiger partial charge in [0.15, 0.2) is 0 Å². The first-order valence-electron chi connectivity index (χ1n) is 8.58. The van der Waals surface area contributed by atoms with E-state index in [0.717, 1.165) is 5.69 Å². The second-order valence-electron chi connectivity index (χ2n) is 9.41. The lowest BCUT2D eigenvalue weighted by molar-refractivity contribution is -0.115. The van der Waals surface area contributed by atoms with Crippen LogP contribution < -0.4 is 10.4 Å². The zero-order valence-electron chi connectivity index (χ0n) is 16.8. The average Bonchev–Trinajstić information content (AvgIpc) is 2.34. The Kier molecular flexibility index (Phi) is 6.04. The van der Waals surface area contributed by atoms with Crippen molar-refractivity contribution in [2.24, 2.45) is 0 Å². The van der Waals surface area contributed by atoms with Crippen molar-refractivity contribution in [2.45, 2.75) is 78.2 Å². The number of rotatable bonds is 3. The van der Waals surface area contributed by atoms with E-state index in [1.165, 1.54) is 0 Å². The Balaban J connectivity index is 3.52. The Morgan fingerprint density at radius 2 is 1.33 bits per heavy atom. The molecule has 2 N–H and O–H groups in total. The smallest absolute Gasteiger partial charge is 0.246 e. The fraction of sp³-hybridized carbons (Fsp3) is 0.600. The van der Waals surface area contributed by atoms with E-state index in [0.29, 0.717) is 0 Å². The van der Waals surface area contributed by atoms with Crippen molar-refractivity contribution in [2.75, 3.05) is 5.09 Å². The third kappa shape index (κ3) is 5.14. The molecule has 0 aliphatic carbocycles. The number of carbonyl (C=O) groups excluding carboxylic acids is 1. The molecule has 1 rings (SSSR count). The number of benzene rings is 1. The third-order valence-electron chi connectivity index (χ3n) is 4.00. The van der Waals surface area contributed by atoms with E-state index in [2.05, 4.69) is 64.1 Å². The lowest BCUT2D eigenvalue weighted by atomic mass is 10.1. The van der Waals surface area contributed by atoms with E-state index >= 15 is 0 Å². The van der Waals surface area contributed by atoms with E-state index in [4.69, 9.17) is 0 Å². The lowest BCUT2D eigenvalue weighted by Crippen LogP contribution is -2.43. The number of para-hydroxylation sites is 1. The van der Waals surface area contributed by atoms with Gasteiger partial charge in [0.05, 0.1) is 0 Å². The molecule has 0 saturated heterocycles. The number of hydrogen-bond acceptors (Lipinski definition) is 2. The molecular weight excluding hydrogens is 315 g/mol. The van der Waals surface area contributed by atoms with Crippen LogP contribution in [0.15, 0.2) is 30.3 Å². The molecule has 0 heterocycles. The predicted octanol–water partition coefficient (Wildman–Crippen LogP) is 5.35. The SMILES string of the molecule is CC(C)(C)NC(=O)C=P(Nc1ccccc1)(C(C)(C)C)C(C)(C)C. The largest absolute Gasteiger partial charge is 0.364 e. The molecule has 0 unspecified atom stereocenters. The molecule has 0 aliphatic heterocycles. The third-order valence-corrected chi connectivity index (χ3v) is 9.47. The summed E-state index contributed by atoms with van der Waals surface area (Å²) in [6.07, 6.45) is 0. The van der Waals surface area contributed by atoms with Crippen LogP contribution in [0.5, 0.6) is 0 Å². The standard InChI is InChI=1S/C20H35N2OP/c1-18(2,3)21-17(23)15-24(19(4,5)6,20(7,8)9)22-16-13-11-10-12-14-16/h10-15,22H,1-9H3,(H,21,23). The van der Waals surface area contributed by atoms with Crippen LogP contribution in [0, 0.1) is 0 Å². The topological polar surface area (TPSA) is 41.1 Å². The van der Waals surface area contributed by atoms with Crippen molar-refractivity contribution in [1.82, 2.24) is 5.32 Å². The molecule has 0 aromatic heterocycles. The first-order chi connectivity index (χ1) is 10.7. The number of amides is 1. The summed E-state index contributed by atoms with van der Waals surface area (Å²) in [6.45, 7) is 19.4. The minimum Gasteiger partial charge on any atom is -0.364 e. The van der Waals surface area contributed by atoms with E-state index in [-0.39, 0.29) is 21.8 Å². The molecule has 0 spiro atoms. The van der Waals surface area contributed by atoms with Gasteiger partial charge in [-0.1, -0.05) is 59.7 Å². The van der Waals surface area contributed by atoms with Crippen LogP contribution >= 0.6 is 7.04 Å². The summed E-state index contributed by atoms with van der Waals surface area (Å²) in [7, 11) is -2.01. The van der Waals surface area contributed by atoms with Crippen LogP contribution in [0.25, 0.3) is 0 Å². The predicted molar refractivity (Wildman–Crippen MR) is 110 cm³/mol. The fourth-order valence-corrected chi connectivity index (χ4v) is 7.55. The lowest BCUT2D eigenvalue weighted by Gasteiger charge is -2.49. The summed E-state index contributed by atoms with van der Waals surface area (Å²) < 4.78 is 0. The average molecular weight is 350 g/mol. The van der Waals surface area contributed by atoms with Gasteiger partial charge in [-0.25, -0.2) is 0 Å². The second-order valence-corrected chi connectivity index (χ2v) is 14.0. The van der Waals surface area contributed by atoms with Gasteiger partial charge in [-0.15, -0.1) is 0 Å². The summed E-state index contributed by atoms with van der Waals surface area (Å²) in [6, 6.07) is 10.2. The molecule has 1 amide bonds. The van der Waals surface area contributed by atoms with Gasteiger partial charge in [0.2, 0.25) is 5.91 Å². The summed E-state index contributed by atoms with van der Waals surface area (Å²) in [5.74, 6) is 1.95. The van der Waals surface area contributed by atoms with Crippen LogP contribution in [0.4, 0.5) is 5.69 Å². The Hall–Kier alpha value is -1.21. The fourth-order valence-electron chi connectivity index (χ4n) is 3.06. The number of hydrogen-bond donors (Lipinski definition) is 2. The van der Waals surface area contributed by atoms with Crippen molar-refractivity contribution in [3.63, 3.8) is 0 Å². The first-order valence-corrected chi connectivity index (χ1v) is 10.4. The second kappa shape index (κ2) is 6.96. The van der Waals surface area contributed by atoms with Gasteiger partial charge in [0.1, 0.15) is 0 Å². The van der Waals surface area contributed by atoms with Crippen molar-refractivity contribution in [1.29, 1.82) is 0 Å². The molecule has 136 valence electrons. The van der Waals surface area contributed by atoms with Crippen LogP contribution in [-0.4, -0.2) is 27.6 Å². The van der Waals surface area contributed by atoms with Crippen molar-refractivity contribution in [3.05, 3.63) is 30.3 Å². The van der Waals surface area contributed by atoms with Gasteiger partial charge in [-0.2, -0.15) is 0 Å². The van der Waals surface area contributed by atoms with E-state index in [9.17, 15) is 4.79 Å². The monoisotopic (exact) mass is 350 g/mol. The Labute approximate surface area is 148 Å². The highest BCUT2D eigenvalue weighted by molar-refractivity contribution is 7.80. The van der Waals surface area contributed by atoms with Crippen LogP contribution in [0.2, 0.25) is 0 Å². The first kappa shape index (κ1) is 20.8. The van der Waals surface area contributed by atoms with Crippen molar-refractivity contribution in [3.8, 4) is 0 Å². The van der Waals surface area contributed by atoms with Gasteiger partial charge in [-0.05, 0) is 50.3 Å². The van der Waals surface area contributed by atoms with Crippen LogP contribution in [0.1, 0.15) is 62.3 Å². The quantitative estimate of drug-likeness (QED) is 0.722. The molecule has 0 fully saturated rings. The molecule has 0 bridgehead atoms. The maximum atomic E-state index is 12.8. The normalized spacial score (nSPS) is 13.4. The minimum absolute atomic E-state index is 0.00381. The molecule has 24 heavy (non-hydrogen) atoms. The van der Waals surface area contributed by atoms with Crippen molar-refractivity contribution < 1.29 is 4.79 Å². The highest BCUT2D eigenvalue weighted by Crippen LogP contribution is 2.66. The maximum absolute atomic E-state index is 12.8. The van der Waals surface area contributed by atoms with Gasteiger partial charge in [-0.3, -0.25) is 4.79 Å². The molecule has 0 aliphatic rings. The van der Waals surface area contributed by atoms with Gasteiger partial charge in [0.25, 0.3) is 0 Å². The molecule has 0 atom stereocenters. The highest BCUT2D eigenvalue weighted by atomic mass is 31.2. The van der Waals surface area contributed by atoms with E-state index in [1.807, 2.05) is 44.8 Å². The molecule has 1 aromatic rings. The van der Waals surface area contributed by atoms with E-state index in [1.54, 1.807) is 0 Å². The molecule has 4 heteroatoms. The number of carbonyl (C=O) groups is 1.